The molecule has 0 saturated carbocycles. The summed E-state index contributed by atoms with van der Waals surface area (Å²) in [5.41, 5.74) is 12.5. The number of halogens is 1. The van der Waals surface area contributed by atoms with Gasteiger partial charge in [-0.05, 0) is 17.7 Å². The average Bonchev–Trinajstić information content (AvgIpc) is 2.46. The van der Waals surface area contributed by atoms with E-state index in [1.165, 1.54) is 0 Å². The summed E-state index contributed by atoms with van der Waals surface area (Å²) in [5, 5.41) is 28.7. The molecular formula is C13H15BrN4O3. The van der Waals surface area contributed by atoms with Crippen molar-refractivity contribution in [1.29, 1.82) is 0 Å². The number of aromatic nitrogens is 2. The molecule has 7 nitrogen and oxygen atoms in total. The SMILES string of the molecule is Nc1nc(N)c(-c2ccc(Br)cc2)c([C@H](O)[C@H](O)CO)n1. The number of hydrogen-bond donors (Lipinski definition) is 5. The first-order valence-electron chi connectivity index (χ1n) is 6.10. The second kappa shape index (κ2) is 6.35. The Kier molecular flexibility index (Phi) is 4.73. The van der Waals surface area contributed by atoms with Crippen LogP contribution in [0.5, 0.6) is 0 Å². The van der Waals surface area contributed by atoms with E-state index in [-0.39, 0.29) is 17.5 Å². The highest BCUT2D eigenvalue weighted by atomic mass is 79.9. The molecule has 1 heterocycles. The largest absolute Gasteiger partial charge is 0.394 e. The first-order chi connectivity index (χ1) is 9.93. The Labute approximate surface area is 129 Å². The van der Waals surface area contributed by atoms with E-state index >= 15 is 0 Å². The highest BCUT2D eigenvalue weighted by Gasteiger charge is 2.25. The van der Waals surface area contributed by atoms with Gasteiger partial charge < -0.3 is 26.8 Å². The molecule has 0 fully saturated rings. The minimum Gasteiger partial charge on any atom is -0.394 e. The predicted molar refractivity (Wildman–Crippen MR) is 82.0 cm³/mol. The number of nitrogens with zero attached hydrogens (tertiary/aromatic N) is 2. The minimum atomic E-state index is -1.43. The smallest absolute Gasteiger partial charge is 0.222 e. The van der Waals surface area contributed by atoms with E-state index in [9.17, 15) is 10.2 Å². The number of anilines is 2. The van der Waals surface area contributed by atoms with Gasteiger partial charge in [-0.3, -0.25) is 0 Å². The van der Waals surface area contributed by atoms with E-state index in [4.69, 9.17) is 16.6 Å². The van der Waals surface area contributed by atoms with Crippen molar-refractivity contribution in [1.82, 2.24) is 9.97 Å². The summed E-state index contributed by atoms with van der Waals surface area (Å²) in [6.07, 6.45) is -2.82. The fourth-order valence-corrected chi connectivity index (χ4v) is 2.19. The van der Waals surface area contributed by atoms with Crippen LogP contribution in [0, 0.1) is 0 Å². The Morgan fingerprint density at radius 1 is 1.10 bits per heavy atom. The second-order valence-corrected chi connectivity index (χ2v) is 5.34. The van der Waals surface area contributed by atoms with Gasteiger partial charge in [0.1, 0.15) is 18.0 Å². The molecule has 0 aliphatic heterocycles. The Hall–Kier alpha value is -1.74. The fourth-order valence-electron chi connectivity index (χ4n) is 1.92. The topological polar surface area (TPSA) is 139 Å². The van der Waals surface area contributed by atoms with Gasteiger partial charge in [-0.15, -0.1) is 0 Å². The lowest BCUT2D eigenvalue weighted by Crippen LogP contribution is -2.24. The van der Waals surface area contributed by atoms with E-state index in [1.54, 1.807) is 24.3 Å². The van der Waals surface area contributed by atoms with Crippen molar-refractivity contribution in [3.8, 4) is 11.1 Å². The number of hydrogen-bond acceptors (Lipinski definition) is 7. The van der Waals surface area contributed by atoms with Crippen LogP contribution in [0.15, 0.2) is 28.7 Å². The van der Waals surface area contributed by atoms with Crippen LogP contribution < -0.4 is 11.5 Å². The predicted octanol–water partition coefficient (Wildman–Crippen LogP) is 0.457. The van der Waals surface area contributed by atoms with Crippen LogP contribution in [0.3, 0.4) is 0 Å². The van der Waals surface area contributed by atoms with Gasteiger partial charge in [0.15, 0.2) is 0 Å². The van der Waals surface area contributed by atoms with E-state index in [0.717, 1.165) is 4.47 Å². The van der Waals surface area contributed by atoms with Crippen LogP contribution in [0.4, 0.5) is 11.8 Å². The molecule has 7 N–H and O–H groups in total. The summed E-state index contributed by atoms with van der Waals surface area (Å²) in [5.74, 6) is -0.0310. The minimum absolute atomic E-state index is 0.0730. The first-order valence-corrected chi connectivity index (χ1v) is 6.89. The van der Waals surface area contributed by atoms with Crippen molar-refractivity contribution in [3.05, 3.63) is 34.4 Å². The number of benzene rings is 1. The summed E-state index contributed by atoms with van der Waals surface area (Å²) in [6.45, 7) is -0.620. The molecule has 0 unspecified atom stereocenters. The third-order valence-corrected chi connectivity index (χ3v) is 3.48. The lowest BCUT2D eigenvalue weighted by atomic mass is 9.99. The molecule has 1 aromatic heterocycles. The lowest BCUT2D eigenvalue weighted by Gasteiger charge is -2.19. The van der Waals surface area contributed by atoms with Crippen LogP contribution in [-0.2, 0) is 0 Å². The standard InChI is InChI=1S/C13H15BrN4O3/c14-7-3-1-6(2-4-7)9-10(11(21)8(20)5-19)17-13(16)18-12(9)15/h1-4,8,11,19-21H,5H2,(H4,15,16,17,18)/t8-,11-/m1/s1. The molecule has 2 rings (SSSR count). The molecule has 0 amide bonds. The zero-order chi connectivity index (χ0) is 15.6. The molecule has 21 heavy (non-hydrogen) atoms. The van der Waals surface area contributed by atoms with Crippen LogP contribution >= 0.6 is 15.9 Å². The number of aliphatic hydroxyl groups is 3. The molecule has 0 spiro atoms. The van der Waals surface area contributed by atoms with Crippen molar-refractivity contribution in [2.24, 2.45) is 0 Å². The lowest BCUT2D eigenvalue weighted by molar-refractivity contribution is -0.0169. The number of aliphatic hydroxyl groups excluding tert-OH is 3. The number of rotatable bonds is 4. The molecule has 0 bridgehead atoms. The quantitative estimate of drug-likeness (QED) is 0.537. The molecule has 8 heteroatoms. The summed E-state index contributed by atoms with van der Waals surface area (Å²) >= 11 is 3.33. The van der Waals surface area contributed by atoms with Gasteiger partial charge in [0.2, 0.25) is 5.95 Å². The van der Waals surface area contributed by atoms with Crippen LogP contribution in [0.25, 0.3) is 11.1 Å². The van der Waals surface area contributed by atoms with E-state index in [1.807, 2.05) is 0 Å². The average molecular weight is 355 g/mol. The molecule has 0 aliphatic carbocycles. The van der Waals surface area contributed by atoms with Crippen molar-refractivity contribution >= 4 is 27.7 Å². The highest BCUT2D eigenvalue weighted by Crippen LogP contribution is 2.33. The monoisotopic (exact) mass is 354 g/mol. The summed E-state index contributed by atoms with van der Waals surface area (Å²) < 4.78 is 0.874. The van der Waals surface area contributed by atoms with Crippen LogP contribution in [0.2, 0.25) is 0 Å². The normalized spacial score (nSPS) is 13.9. The Bertz CT molecular complexity index is 636. The molecule has 112 valence electrons. The van der Waals surface area contributed by atoms with Crippen molar-refractivity contribution < 1.29 is 15.3 Å². The zero-order valence-corrected chi connectivity index (χ0v) is 12.5. The van der Waals surface area contributed by atoms with E-state index in [2.05, 4.69) is 25.9 Å². The number of nitrogen functional groups attached to an aromatic ring is 2. The molecule has 0 saturated heterocycles. The summed E-state index contributed by atoms with van der Waals surface area (Å²) in [4.78, 5) is 7.83. The molecule has 2 atom stereocenters. The number of nitrogens with two attached hydrogens (primary N) is 2. The van der Waals surface area contributed by atoms with Crippen molar-refractivity contribution in [2.75, 3.05) is 18.1 Å². The van der Waals surface area contributed by atoms with Crippen molar-refractivity contribution in [2.45, 2.75) is 12.2 Å². The molecule has 0 radical (unpaired) electrons. The van der Waals surface area contributed by atoms with Crippen molar-refractivity contribution in [3.63, 3.8) is 0 Å². The van der Waals surface area contributed by atoms with Crippen LogP contribution in [-0.4, -0.2) is 38.0 Å². The van der Waals surface area contributed by atoms with E-state index in [0.29, 0.717) is 11.1 Å². The highest BCUT2D eigenvalue weighted by molar-refractivity contribution is 9.10. The molecule has 1 aromatic carbocycles. The maximum absolute atomic E-state index is 10.1. The third-order valence-electron chi connectivity index (χ3n) is 2.95. The molecule has 2 aromatic rings. The fraction of sp³-hybridized carbons (Fsp3) is 0.231. The maximum atomic E-state index is 10.1. The summed E-state index contributed by atoms with van der Waals surface area (Å²) in [7, 11) is 0. The van der Waals surface area contributed by atoms with Gasteiger partial charge in [-0.25, -0.2) is 4.98 Å². The Morgan fingerprint density at radius 3 is 2.29 bits per heavy atom. The zero-order valence-electron chi connectivity index (χ0n) is 10.9. The second-order valence-electron chi connectivity index (χ2n) is 4.43. The molecular weight excluding hydrogens is 340 g/mol. The van der Waals surface area contributed by atoms with Gasteiger partial charge in [-0.1, -0.05) is 28.1 Å². The van der Waals surface area contributed by atoms with Gasteiger partial charge in [0, 0.05) is 10.0 Å². The first kappa shape index (κ1) is 15.6. The van der Waals surface area contributed by atoms with Crippen LogP contribution in [0.1, 0.15) is 11.8 Å². The maximum Gasteiger partial charge on any atom is 0.222 e. The third kappa shape index (κ3) is 3.30. The summed E-state index contributed by atoms with van der Waals surface area (Å²) in [6, 6.07) is 7.11. The van der Waals surface area contributed by atoms with Gasteiger partial charge >= 0.3 is 0 Å². The van der Waals surface area contributed by atoms with Gasteiger partial charge in [0.05, 0.1) is 12.3 Å². The Morgan fingerprint density at radius 2 is 1.71 bits per heavy atom. The van der Waals surface area contributed by atoms with Gasteiger partial charge in [0.25, 0.3) is 0 Å². The molecule has 0 aliphatic rings. The van der Waals surface area contributed by atoms with Gasteiger partial charge in [-0.2, -0.15) is 4.98 Å². The Balaban J connectivity index is 2.61. The van der Waals surface area contributed by atoms with E-state index < -0.39 is 18.8 Å².